The summed E-state index contributed by atoms with van der Waals surface area (Å²) in [5.41, 5.74) is 0.830. The van der Waals surface area contributed by atoms with E-state index >= 15 is 0 Å². The highest BCUT2D eigenvalue weighted by Crippen LogP contribution is 2.43. The van der Waals surface area contributed by atoms with E-state index in [9.17, 15) is 19.1 Å². The molecule has 8 heteroatoms. The fourth-order valence-corrected chi connectivity index (χ4v) is 4.58. The number of ketones is 1. The van der Waals surface area contributed by atoms with Gasteiger partial charge in [-0.3, -0.25) is 14.5 Å². The summed E-state index contributed by atoms with van der Waals surface area (Å²) in [5, 5.41) is 11.4. The third-order valence-corrected chi connectivity index (χ3v) is 6.18. The second-order valence-electron chi connectivity index (χ2n) is 7.04. The van der Waals surface area contributed by atoms with Crippen molar-refractivity contribution >= 4 is 28.7 Å². The fourth-order valence-electron chi connectivity index (χ4n) is 3.70. The van der Waals surface area contributed by atoms with Crippen molar-refractivity contribution in [3.05, 3.63) is 86.8 Å². The first-order chi connectivity index (χ1) is 14.8. The number of halogens is 1. The number of aryl methyl sites for hydroxylation is 2. The van der Waals surface area contributed by atoms with E-state index in [1.54, 1.807) is 44.2 Å². The van der Waals surface area contributed by atoms with Crippen LogP contribution in [0.2, 0.25) is 0 Å². The molecule has 0 aliphatic carbocycles. The standard InChI is InChI=1S/C23H19FN2O4S/c1-12-22(31-13(2)25-12)20(27)18-19(16-6-4-5-7-17(16)24)26(23(29)21(18)28)14-8-10-15(30-3)11-9-14/h4-11,19,28H,1-3H3. The number of aliphatic hydroxyl groups is 1. The van der Waals surface area contributed by atoms with Crippen LogP contribution in [-0.2, 0) is 4.79 Å². The Balaban J connectivity index is 1.90. The summed E-state index contributed by atoms with van der Waals surface area (Å²) in [5.74, 6) is -2.03. The summed E-state index contributed by atoms with van der Waals surface area (Å²) in [7, 11) is 1.52. The number of nitrogens with zero attached hydrogens (tertiary/aromatic N) is 2. The first-order valence-electron chi connectivity index (χ1n) is 9.47. The Morgan fingerprint density at radius 3 is 2.42 bits per heavy atom. The minimum atomic E-state index is -1.13. The van der Waals surface area contributed by atoms with Crippen LogP contribution in [0.3, 0.4) is 0 Å². The van der Waals surface area contributed by atoms with Gasteiger partial charge in [0.1, 0.15) is 11.6 Å². The minimum Gasteiger partial charge on any atom is -0.503 e. The molecule has 2 aromatic carbocycles. The highest BCUT2D eigenvalue weighted by atomic mass is 32.1. The highest BCUT2D eigenvalue weighted by molar-refractivity contribution is 7.14. The average Bonchev–Trinajstić information content (AvgIpc) is 3.23. The third kappa shape index (κ3) is 3.48. The van der Waals surface area contributed by atoms with Gasteiger partial charge >= 0.3 is 0 Å². The molecule has 0 fully saturated rings. The van der Waals surface area contributed by atoms with E-state index in [0.717, 1.165) is 0 Å². The fraction of sp³-hybridized carbons (Fsp3) is 0.174. The Morgan fingerprint density at radius 1 is 1.16 bits per heavy atom. The van der Waals surface area contributed by atoms with Crippen molar-refractivity contribution in [1.82, 2.24) is 4.98 Å². The zero-order chi connectivity index (χ0) is 22.3. The lowest BCUT2D eigenvalue weighted by Crippen LogP contribution is -2.31. The van der Waals surface area contributed by atoms with Crippen LogP contribution in [0, 0.1) is 19.7 Å². The highest BCUT2D eigenvalue weighted by Gasteiger charge is 2.46. The largest absolute Gasteiger partial charge is 0.503 e. The van der Waals surface area contributed by atoms with Crippen LogP contribution in [0.4, 0.5) is 10.1 Å². The molecule has 0 radical (unpaired) electrons. The van der Waals surface area contributed by atoms with E-state index in [4.69, 9.17) is 4.74 Å². The lowest BCUT2D eigenvalue weighted by atomic mass is 9.94. The van der Waals surface area contributed by atoms with Crippen LogP contribution in [0.5, 0.6) is 5.75 Å². The van der Waals surface area contributed by atoms with Crippen LogP contribution in [0.25, 0.3) is 0 Å². The number of ether oxygens (including phenoxy) is 1. The van der Waals surface area contributed by atoms with Crippen molar-refractivity contribution in [3.8, 4) is 5.75 Å². The lowest BCUT2D eigenvalue weighted by Gasteiger charge is -2.27. The third-order valence-electron chi connectivity index (χ3n) is 5.11. The number of amides is 1. The normalized spacial score (nSPS) is 16.2. The summed E-state index contributed by atoms with van der Waals surface area (Å²) < 4.78 is 20.0. The minimum absolute atomic E-state index is 0.109. The molecule has 1 aliphatic rings. The molecule has 4 rings (SSSR count). The van der Waals surface area contributed by atoms with Crippen molar-refractivity contribution in [1.29, 1.82) is 0 Å². The Morgan fingerprint density at radius 2 is 1.84 bits per heavy atom. The van der Waals surface area contributed by atoms with Crippen LogP contribution < -0.4 is 9.64 Å². The van der Waals surface area contributed by atoms with Crippen molar-refractivity contribution < 1.29 is 23.8 Å². The summed E-state index contributed by atoms with van der Waals surface area (Å²) >= 11 is 1.17. The molecule has 6 nitrogen and oxygen atoms in total. The van der Waals surface area contributed by atoms with Gasteiger partial charge in [0.15, 0.2) is 5.76 Å². The summed E-state index contributed by atoms with van der Waals surface area (Å²) in [4.78, 5) is 32.3. The summed E-state index contributed by atoms with van der Waals surface area (Å²) in [6.45, 7) is 3.45. The molecule has 1 N–H and O–H groups in total. The number of rotatable bonds is 5. The van der Waals surface area contributed by atoms with Gasteiger partial charge in [0.25, 0.3) is 5.91 Å². The van der Waals surface area contributed by atoms with E-state index in [2.05, 4.69) is 4.98 Å². The quantitative estimate of drug-likeness (QED) is 0.585. The second-order valence-corrected chi connectivity index (χ2v) is 8.24. The maximum Gasteiger partial charge on any atom is 0.294 e. The maximum absolute atomic E-state index is 14.8. The molecule has 1 aromatic heterocycles. The monoisotopic (exact) mass is 438 g/mol. The van der Waals surface area contributed by atoms with Gasteiger partial charge in [-0.05, 0) is 44.2 Å². The molecule has 0 spiro atoms. The molecular weight excluding hydrogens is 419 g/mol. The van der Waals surface area contributed by atoms with E-state index in [-0.39, 0.29) is 11.1 Å². The molecule has 158 valence electrons. The number of hydrogen-bond donors (Lipinski definition) is 1. The molecule has 3 aromatic rings. The average molecular weight is 438 g/mol. The molecule has 0 saturated carbocycles. The molecular formula is C23H19FN2O4S. The number of methoxy groups -OCH3 is 1. The lowest BCUT2D eigenvalue weighted by molar-refractivity contribution is -0.117. The Kier molecular flexibility index (Phi) is 5.32. The number of thiazole rings is 1. The van der Waals surface area contributed by atoms with Crippen LogP contribution in [-0.4, -0.2) is 28.9 Å². The molecule has 1 aliphatic heterocycles. The van der Waals surface area contributed by atoms with Gasteiger partial charge in [-0.25, -0.2) is 9.37 Å². The van der Waals surface area contributed by atoms with Crippen molar-refractivity contribution in [2.24, 2.45) is 0 Å². The number of benzene rings is 2. The van der Waals surface area contributed by atoms with Crippen LogP contribution >= 0.6 is 11.3 Å². The van der Waals surface area contributed by atoms with E-state index in [1.807, 2.05) is 0 Å². The van der Waals surface area contributed by atoms with Crippen molar-refractivity contribution in [2.75, 3.05) is 12.0 Å². The first kappa shape index (κ1) is 20.7. The predicted octanol–water partition coefficient (Wildman–Crippen LogP) is 4.69. The molecule has 2 heterocycles. The van der Waals surface area contributed by atoms with E-state index < -0.39 is 29.3 Å². The number of carbonyl (C=O) groups is 2. The summed E-state index contributed by atoms with van der Waals surface area (Å²) in [6.07, 6.45) is 0. The number of aromatic nitrogens is 1. The first-order valence-corrected chi connectivity index (χ1v) is 10.3. The molecule has 0 saturated heterocycles. The maximum atomic E-state index is 14.8. The van der Waals surface area contributed by atoms with Gasteiger partial charge in [0, 0.05) is 11.3 Å². The zero-order valence-corrected chi connectivity index (χ0v) is 17.9. The van der Waals surface area contributed by atoms with E-state index in [1.165, 1.54) is 41.5 Å². The number of carbonyl (C=O) groups excluding carboxylic acids is 2. The topological polar surface area (TPSA) is 79.7 Å². The van der Waals surface area contributed by atoms with Crippen molar-refractivity contribution in [2.45, 2.75) is 19.9 Å². The number of anilines is 1. The van der Waals surface area contributed by atoms with Gasteiger partial charge in [0.05, 0.1) is 34.3 Å². The van der Waals surface area contributed by atoms with Gasteiger partial charge in [0.2, 0.25) is 5.78 Å². The van der Waals surface area contributed by atoms with Gasteiger partial charge in [-0.2, -0.15) is 0 Å². The SMILES string of the molecule is COc1ccc(N2C(=O)C(O)=C(C(=O)c3sc(C)nc3C)C2c2ccccc2F)cc1. The van der Waals surface area contributed by atoms with Crippen LogP contribution in [0.15, 0.2) is 59.9 Å². The smallest absolute Gasteiger partial charge is 0.294 e. The molecule has 0 bridgehead atoms. The van der Waals surface area contributed by atoms with Gasteiger partial charge in [-0.1, -0.05) is 18.2 Å². The van der Waals surface area contributed by atoms with Crippen molar-refractivity contribution in [3.63, 3.8) is 0 Å². The Bertz CT molecular complexity index is 1220. The van der Waals surface area contributed by atoms with Gasteiger partial charge < -0.3 is 9.84 Å². The summed E-state index contributed by atoms with van der Waals surface area (Å²) in [6, 6.07) is 11.3. The molecule has 1 amide bonds. The number of aliphatic hydroxyl groups excluding tert-OH is 1. The second kappa shape index (κ2) is 7.96. The number of hydrogen-bond acceptors (Lipinski definition) is 6. The van der Waals surface area contributed by atoms with Crippen LogP contribution in [0.1, 0.15) is 32.0 Å². The molecule has 31 heavy (non-hydrogen) atoms. The molecule has 1 unspecified atom stereocenters. The van der Waals surface area contributed by atoms with Gasteiger partial charge in [-0.15, -0.1) is 11.3 Å². The Labute approximate surface area is 182 Å². The predicted molar refractivity (Wildman–Crippen MR) is 115 cm³/mol. The Hall–Kier alpha value is -3.52. The van der Waals surface area contributed by atoms with E-state index in [0.29, 0.717) is 27.0 Å². The number of Topliss-reactive ketones (excluding diaryl/α,β-unsaturated/α-hetero) is 1. The zero-order valence-electron chi connectivity index (χ0n) is 17.0. The molecule has 1 atom stereocenters.